The largest absolute Gasteiger partial charge is 0.372 e. The fourth-order valence-corrected chi connectivity index (χ4v) is 5.70. The second-order valence-electron chi connectivity index (χ2n) is 4.98. The molecule has 16 heavy (non-hydrogen) atoms. The van der Waals surface area contributed by atoms with Crippen LogP contribution >= 0.6 is 35.3 Å². The Labute approximate surface area is 111 Å². The summed E-state index contributed by atoms with van der Waals surface area (Å²) in [5.74, 6) is 4.10. The van der Waals surface area contributed by atoms with Crippen molar-refractivity contribution in [3.05, 3.63) is 0 Å². The quantitative estimate of drug-likeness (QED) is 0.690. The molecule has 1 saturated carbocycles. The molecular weight excluding hydrogens is 256 g/mol. The van der Waals surface area contributed by atoms with Crippen LogP contribution in [0.5, 0.6) is 0 Å². The van der Waals surface area contributed by atoms with E-state index in [0.717, 1.165) is 22.4 Å². The maximum Gasteiger partial charge on any atom is 0.0900 e. The van der Waals surface area contributed by atoms with Gasteiger partial charge in [0.2, 0.25) is 0 Å². The van der Waals surface area contributed by atoms with E-state index in [9.17, 15) is 0 Å². The molecule has 92 valence electrons. The van der Waals surface area contributed by atoms with Crippen LogP contribution in [0.25, 0.3) is 0 Å². The topological polar surface area (TPSA) is 12.5 Å². The third kappa shape index (κ3) is 4.04. The number of rotatable bonds is 6. The first kappa shape index (κ1) is 12.1. The normalized spacial score (nSPS) is 42.0. The van der Waals surface area contributed by atoms with Crippen LogP contribution in [-0.4, -0.2) is 45.7 Å². The first-order chi connectivity index (χ1) is 7.90. The van der Waals surface area contributed by atoms with E-state index >= 15 is 0 Å². The van der Waals surface area contributed by atoms with Gasteiger partial charge in [0.1, 0.15) is 0 Å². The van der Waals surface area contributed by atoms with Crippen molar-refractivity contribution in [2.75, 3.05) is 23.9 Å². The molecule has 3 rings (SSSR count). The summed E-state index contributed by atoms with van der Waals surface area (Å²) in [6.45, 7) is 1.03. The Kier molecular flexibility index (Phi) is 4.35. The van der Waals surface area contributed by atoms with Gasteiger partial charge in [-0.3, -0.25) is 0 Å². The fourth-order valence-electron chi connectivity index (χ4n) is 2.18. The van der Waals surface area contributed by atoms with Crippen LogP contribution < -0.4 is 0 Å². The lowest BCUT2D eigenvalue weighted by molar-refractivity contribution is 0.425. The summed E-state index contributed by atoms with van der Waals surface area (Å²) in [7, 11) is 0. The minimum Gasteiger partial charge on any atom is -0.372 e. The van der Waals surface area contributed by atoms with Gasteiger partial charge < -0.3 is 4.74 Å². The van der Waals surface area contributed by atoms with E-state index in [1.165, 1.54) is 42.9 Å². The highest BCUT2D eigenvalue weighted by molar-refractivity contribution is 8.08. The minimum absolute atomic E-state index is 0.615. The Hall–Kier alpha value is 1.01. The molecule has 1 nitrogen and oxygen atoms in total. The Bertz CT molecular complexity index is 196. The van der Waals surface area contributed by atoms with Crippen LogP contribution in [-0.2, 0) is 4.74 Å². The first-order valence-corrected chi connectivity index (χ1v) is 9.51. The van der Waals surface area contributed by atoms with Crippen LogP contribution in [0, 0.1) is 0 Å². The van der Waals surface area contributed by atoms with Gasteiger partial charge in [0.05, 0.1) is 12.7 Å². The molecule has 0 aromatic rings. The lowest BCUT2D eigenvalue weighted by Crippen LogP contribution is -2.19. The predicted molar refractivity (Wildman–Crippen MR) is 76.9 cm³/mol. The number of epoxide rings is 1. The van der Waals surface area contributed by atoms with Gasteiger partial charge in [-0.2, -0.15) is 35.3 Å². The van der Waals surface area contributed by atoms with Crippen molar-refractivity contribution in [3.63, 3.8) is 0 Å². The molecule has 0 aromatic carbocycles. The zero-order valence-corrected chi connectivity index (χ0v) is 12.0. The van der Waals surface area contributed by atoms with Crippen LogP contribution in [0.1, 0.15) is 25.7 Å². The summed E-state index contributed by atoms with van der Waals surface area (Å²) in [5.41, 5.74) is 0. The molecule has 3 fully saturated rings. The number of hydrogen-bond acceptors (Lipinski definition) is 4. The predicted octanol–water partition coefficient (Wildman–Crippen LogP) is 3.28. The van der Waals surface area contributed by atoms with Crippen LogP contribution in [0.4, 0.5) is 0 Å². The molecule has 0 radical (unpaired) electrons. The molecule has 0 amide bonds. The zero-order valence-electron chi connectivity index (χ0n) is 9.60. The maximum atomic E-state index is 5.27. The SMILES string of the molecule is C1OC1CSC1CCC(SCC2CS2)CC1. The summed E-state index contributed by atoms with van der Waals surface area (Å²) in [4.78, 5) is 0. The lowest BCUT2D eigenvalue weighted by Gasteiger charge is -2.27. The van der Waals surface area contributed by atoms with Gasteiger partial charge in [0, 0.05) is 33.0 Å². The zero-order chi connectivity index (χ0) is 10.8. The molecule has 2 saturated heterocycles. The Morgan fingerprint density at radius 3 is 2.06 bits per heavy atom. The standard InChI is InChI=1S/C12H20OS3/c1-3-11(15-7-12-8-16-12)4-2-10(1)14-6-9-5-13-9/h9-12H,1-8H2. The second-order valence-corrected chi connectivity index (χ2v) is 8.98. The summed E-state index contributed by atoms with van der Waals surface area (Å²) >= 11 is 6.56. The van der Waals surface area contributed by atoms with Gasteiger partial charge >= 0.3 is 0 Å². The lowest BCUT2D eigenvalue weighted by atomic mass is 10.00. The highest BCUT2D eigenvalue weighted by Crippen LogP contribution is 2.39. The van der Waals surface area contributed by atoms with Gasteiger partial charge in [0.15, 0.2) is 0 Å². The van der Waals surface area contributed by atoms with Crippen LogP contribution in [0.15, 0.2) is 0 Å². The highest BCUT2D eigenvalue weighted by atomic mass is 32.2. The molecule has 4 heteroatoms. The van der Waals surface area contributed by atoms with E-state index in [2.05, 4.69) is 35.3 Å². The molecule has 2 aliphatic heterocycles. The maximum absolute atomic E-state index is 5.27. The van der Waals surface area contributed by atoms with Gasteiger partial charge in [0.25, 0.3) is 0 Å². The van der Waals surface area contributed by atoms with Gasteiger partial charge in [-0.05, 0) is 25.7 Å². The summed E-state index contributed by atoms with van der Waals surface area (Å²) in [6.07, 6.45) is 6.44. The molecule has 0 bridgehead atoms. The van der Waals surface area contributed by atoms with E-state index in [1.54, 1.807) is 0 Å². The Morgan fingerprint density at radius 1 is 1.00 bits per heavy atom. The third-order valence-corrected chi connectivity index (χ3v) is 7.69. The van der Waals surface area contributed by atoms with Gasteiger partial charge in [-0.15, -0.1) is 0 Å². The van der Waals surface area contributed by atoms with E-state index in [1.807, 2.05) is 0 Å². The van der Waals surface area contributed by atoms with E-state index in [0.29, 0.717) is 6.10 Å². The van der Waals surface area contributed by atoms with Crippen LogP contribution in [0.2, 0.25) is 0 Å². The number of thioether (sulfide) groups is 3. The number of ether oxygens (including phenoxy) is 1. The molecule has 2 unspecified atom stereocenters. The smallest absolute Gasteiger partial charge is 0.0900 e. The van der Waals surface area contributed by atoms with Crippen LogP contribution in [0.3, 0.4) is 0 Å². The summed E-state index contributed by atoms with van der Waals surface area (Å²) in [5, 5.41) is 2.94. The fraction of sp³-hybridized carbons (Fsp3) is 1.00. The van der Waals surface area contributed by atoms with E-state index in [-0.39, 0.29) is 0 Å². The van der Waals surface area contributed by atoms with E-state index < -0.39 is 0 Å². The second kappa shape index (κ2) is 5.77. The third-order valence-electron chi connectivity index (χ3n) is 3.46. The molecule has 3 aliphatic rings. The van der Waals surface area contributed by atoms with Crippen molar-refractivity contribution < 1.29 is 4.74 Å². The monoisotopic (exact) mass is 276 g/mol. The molecule has 0 spiro atoms. The average Bonchev–Trinajstić information content (AvgIpc) is 3.17. The molecule has 2 heterocycles. The Morgan fingerprint density at radius 2 is 1.56 bits per heavy atom. The Balaban J connectivity index is 1.28. The first-order valence-electron chi connectivity index (χ1n) is 6.36. The summed E-state index contributed by atoms with van der Waals surface area (Å²) in [6, 6.07) is 0. The van der Waals surface area contributed by atoms with Crippen molar-refractivity contribution in [3.8, 4) is 0 Å². The van der Waals surface area contributed by atoms with Crippen molar-refractivity contribution in [2.24, 2.45) is 0 Å². The van der Waals surface area contributed by atoms with Gasteiger partial charge in [-0.1, -0.05) is 0 Å². The highest BCUT2D eigenvalue weighted by Gasteiger charge is 2.28. The van der Waals surface area contributed by atoms with Crippen molar-refractivity contribution >= 4 is 35.3 Å². The molecule has 2 atom stereocenters. The molecule has 1 aliphatic carbocycles. The van der Waals surface area contributed by atoms with E-state index in [4.69, 9.17) is 4.74 Å². The average molecular weight is 276 g/mol. The minimum atomic E-state index is 0.615. The van der Waals surface area contributed by atoms with Crippen molar-refractivity contribution in [2.45, 2.75) is 47.5 Å². The molecule has 0 N–H and O–H groups in total. The molecule has 0 aromatic heterocycles. The number of hydrogen-bond donors (Lipinski definition) is 0. The van der Waals surface area contributed by atoms with Gasteiger partial charge in [-0.25, -0.2) is 0 Å². The van der Waals surface area contributed by atoms with Crippen molar-refractivity contribution in [1.29, 1.82) is 0 Å². The molecular formula is C12H20OS3. The summed E-state index contributed by atoms with van der Waals surface area (Å²) < 4.78 is 5.27. The van der Waals surface area contributed by atoms with Crippen molar-refractivity contribution in [1.82, 2.24) is 0 Å².